The summed E-state index contributed by atoms with van der Waals surface area (Å²) in [5.74, 6) is -0.787. The quantitative estimate of drug-likeness (QED) is 0.471. The van der Waals surface area contributed by atoms with E-state index in [1.54, 1.807) is 22.8 Å². The van der Waals surface area contributed by atoms with Gasteiger partial charge in [0.05, 0.1) is 11.3 Å². The molecule has 4 amide bonds. The van der Waals surface area contributed by atoms with Gasteiger partial charge in [-0.1, -0.05) is 57.0 Å². The van der Waals surface area contributed by atoms with Crippen molar-refractivity contribution >= 4 is 29.6 Å². The lowest BCUT2D eigenvalue weighted by atomic mass is 9.82. The van der Waals surface area contributed by atoms with Gasteiger partial charge in [-0.05, 0) is 30.9 Å². The number of hydrogen-bond donors (Lipinski definition) is 2. The first-order valence-electron chi connectivity index (χ1n) is 11.1. The van der Waals surface area contributed by atoms with Gasteiger partial charge < -0.3 is 9.88 Å². The number of carbonyl (C=O) groups is 3. The molecule has 2 aliphatic rings. The fraction of sp³-hybridized carbons (Fsp3) is 0.500. The van der Waals surface area contributed by atoms with Crippen LogP contribution in [-0.2, 0) is 16.1 Å². The van der Waals surface area contributed by atoms with Gasteiger partial charge >= 0.3 is 6.03 Å². The average molecular weight is 475 g/mol. The van der Waals surface area contributed by atoms with Crippen LogP contribution in [0.5, 0.6) is 0 Å². The molecule has 1 spiro atoms. The molecule has 33 heavy (non-hydrogen) atoms. The van der Waals surface area contributed by atoms with Gasteiger partial charge in [0.25, 0.3) is 5.91 Å². The molecule has 1 aromatic heterocycles. The highest BCUT2D eigenvalue weighted by Crippen LogP contribution is 2.33. The number of carbonyl (C=O) groups excluding carboxylic acids is 3. The van der Waals surface area contributed by atoms with Gasteiger partial charge in [0.1, 0.15) is 11.4 Å². The molecule has 1 aliphatic carbocycles. The van der Waals surface area contributed by atoms with Crippen LogP contribution in [0.25, 0.3) is 11.4 Å². The summed E-state index contributed by atoms with van der Waals surface area (Å²) < 4.78 is 16.1. The van der Waals surface area contributed by atoms with Crippen molar-refractivity contribution in [3.05, 3.63) is 30.1 Å². The van der Waals surface area contributed by atoms with Gasteiger partial charge in [0.15, 0.2) is 11.0 Å². The highest BCUT2D eigenvalue weighted by molar-refractivity contribution is 7.99. The molecule has 11 heteroatoms. The van der Waals surface area contributed by atoms with Crippen molar-refractivity contribution in [2.24, 2.45) is 5.92 Å². The summed E-state index contributed by atoms with van der Waals surface area (Å²) in [5, 5.41) is 12.3. The van der Waals surface area contributed by atoms with E-state index in [4.69, 9.17) is 0 Å². The number of hydrogen-bond acceptors (Lipinski definition) is 6. The number of rotatable bonds is 7. The predicted octanol–water partition coefficient (Wildman–Crippen LogP) is 3.12. The van der Waals surface area contributed by atoms with Crippen LogP contribution in [0, 0.1) is 11.7 Å². The Hall–Kier alpha value is -2.95. The maximum absolute atomic E-state index is 14.3. The molecular weight excluding hydrogens is 447 g/mol. The normalized spacial score (nSPS) is 17.6. The lowest BCUT2D eigenvalue weighted by Gasteiger charge is -2.30. The fourth-order valence-electron chi connectivity index (χ4n) is 4.27. The van der Waals surface area contributed by atoms with Gasteiger partial charge in [0.2, 0.25) is 5.91 Å². The van der Waals surface area contributed by atoms with Crippen molar-refractivity contribution in [3.8, 4) is 11.4 Å². The molecule has 0 unspecified atom stereocenters. The van der Waals surface area contributed by atoms with Crippen LogP contribution in [0.2, 0.25) is 0 Å². The smallest absolute Gasteiger partial charge is 0.322 e. The van der Waals surface area contributed by atoms with Crippen LogP contribution >= 0.6 is 11.8 Å². The second-order valence-electron chi connectivity index (χ2n) is 8.83. The van der Waals surface area contributed by atoms with Crippen LogP contribution in [0.1, 0.15) is 46.0 Å². The fourth-order valence-corrected chi connectivity index (χ4v) is 5.01. The van der Waals surface area contributed by atoms with E-state index in [2.05, 4.69) is 20.9 Å². The molecule has 2 heterocycles. The first-order chi connectivity index (χ1) is 15.8. The maximum atomic E-state index is 14.3. The van der Waals surface area contributed by atoms with Crippen molar-refractivity contribution in [2.45, 2.75) is 63.2 Å². The Kier molecular flexibility index (Phi) is 6.68. The van der Waals surface area contributed by atoms with Gasteiger partial charge in [-0.25, -0.2) is 9.18 Å². The van der Waals surface area contributed by atoms with E-state index in [1.807, 2.05) is 13.8 Å². The third kappa shape index (κ3) is 4.73. The van der Waals surface area contributed by atoms with E-state index in [9.17, 15) is 18.8 Å². The molecule has 1 aliphatic heterocycles. The summed E-state index contributed by atoms with van der Waals surface area (Å²) in [4.78, 5) is 37.8. The molecule has 0 bridgehead atoms. The number of urea groups is 1. The maximum Gasteiger partial charge on any atom is 0.344 e. The van der Waals surface area contributed by atoms with E-state index in [0.29, 0.717) is 35.9 Å². The highest BCUT2D eigenvalue weighted by Gasteiger charge is 2.52. The number of thioether (sulfide) groups is 1. The summed E-state index contributed by atoms with van der Waals surface area (Å²) in [7, 11) is 0. The van der Waals surface area contributed by atoms with Gasteiger partial charge in [-0.15, -0.1) is 10.2 Å². The monoisotopic (exact) mass is 474 g/mol. The van der Waals surface area contributed by atoms with Crippen molar-refractivity contribution in [2.75, 3.05) is 5.75 Å². The first kappa shape index (κ1) is 23.2. The second kappa shape index (κ2) is 9.50. The molecule has 1 saturated carbocycles. The largest absolute Gasteiger partial charge is 0.344 e. The number of halogens is 1. The van der Waals surface area contributed by atoms with Gasteiger partial charge in [0, 0.05) is 6.54 Å². The Balaban J connectivity index is 1.45. The Morgan fingerprint density at radius 1 is 1.21 bits per heavy atom. The van der Waals surface area contributed by atoms with E-state index in [1.165, 1.54) is 6.07 Å². The molecule has 2 aromatic rings. The van der Waals surface area contributed by atoms with Crippen molar-refractivity contribution < 1.29 is 18.8 Å². The number of nitrogens with zero attached hydrogens (tertiary/aromatic N) is 4. The SMILES string of the molecule is CC(C)Cn1c(SCC(=O)NN2C(=O)NC3(CCCCC3)C2=O)nnc1-c1ccccc1F. The van der Waals surface area contributed by atoms with Crippen molar-refractivity contribution in [1.82, 2.24) is 30.5 Å². The van der Waals surface area contributed by atoms with Crippen LogP contribution in [-0.4, -0.2) is 48.9 Å². The molecule has 4 rings (SSSR count). The molecule has 2 fully saturated rings. The number of aromatic nitrogens is 3. The standard InChI is InChI=1S/C22H27FN6O3S/c1-14(2)12-28-18(15-8-4-5-9-16(15)23)25-26-21(28)33-13-17(30)27-29-19(31)22(24-20(29)32)10-6-3-7-11-22/h4-5,8-9,14H,3,6-7,10-13H2,1-2H3,(H,24,32)(H,27,30). The van der Waals surface area contributed by atoms with E-state index < -0.39 is 29.2 Å². The molecule has 1 saturated heterocycles. The van der Waals surface area contributed by atoms with Crippen LogP contribution in [0.3, 0.4) is 0 Å². The molecule has 176 valence electrons. The zero-order chi connectivity index (χ0) is 23.6. The van der Waals surface area contributed by atoms with Crippen LogP contribution in [0.15, 0.2) is 29.4 Å². The number of benzene rings is 1. The van der Waals surface area contributed by atoms with Gasteiger partial charge in [-0.2, -0.15) is 5.01 Å². The van der Waals surface area contributed by atoms with Crippen molar-refractivity contribution in [3.63, 3.8) is 0 Å². The first-order valence-corrected chi connectivity index (χ1v) is 12.1. The molecule has 9 nitrogen and oxygen atoms in total. The summed E-state index contributed by atoms with van der Waals surface area (Å²) in [5.41, 5.74) is 1.85. The number of hydrazine groups is 1. The summed E-state index contributed by atoms with van der Waals surface area (Å²) in [6, 6.07) is 5.72. The predicted molar refractivity (Wildman–Crippen MR) is 120 cm³/mol. The number of nitrogens with one attached hydrogen (secondary N) is 2. The van der Waals surface area contributed by atoms with Gasteiger partial charge in [-0.3, -0.25) is 15.0 Å². The van der Waals surface area contributed by atoms with Crippen molar-refractivity contribution in [1.29, 1.82) is 0 Å². The lowest BCUT2D eigenvalue weighted by molar-refractivity contribution is -0.139. The summed E-state index contributed by atoms with van der Waals surface area (Å²) in [6.45, 7) is 4.58. The summed E-state index contributed by atoms with van der Waals surface area (Å²) >= 11 is 1.12. The van der Waals surface area contributed by atoms with E-state index in [-0.39, 0.29) is 11.7 Å². The molecule has 2 N–H and O–H groups in total. The van der Waals surface area contributed by atoms with E-state index >= 15 is 0 Å². The minimum absolute atomic E-state index is 0.0858. The number of imide groups is 1. The molecule has 0 radical (unpaired) electrons. The second-order valence-corrected chi connectivity index (χ2v) is 9.77. The molecular formula is C22H27FN6O3S. The minimum atomic E-state index is -0.901. The Labute approximate surface area is 195 Å². The zero-order valence-electron chi connectivity index (χ0n) is 18.6. The Morgan fingerprint density at radius 3 is 2.64 bits per heavy atom. The lowest BCUT2D eigenvalue weighted by Crippen LogP contribution is -2.51. The molecule has 0 atom stereocenters. The third-order valence-electron chi connectivity index (χ3n) is 5.82. The Bertz CT molecular complexity index is 1070. The third-order valence-corrected chi connectivity index (χ3v) is 6.78. The Morgan fingerprint density at radius 2 is 1.94 bits per heavy atom. The highest BCUT2D eigenvalue weighted by atomic mass is 32.2. The van der Waals surface area contributed by atoms with E-state index in [0.717, 1.165) is 36.0 Å². The number of amides is 4. The molecule has 1 aromatic carbocycles. The van der Waals surface area contributed by atoms with Crippen LogP contribution in [0.4, 0.5) is 9.18 Å². The minimum Gasteiger partial charge on any atom is -0.322 e. The average Bonchev–Trinajstić information content (AvgIpc) is 3.26. The van der Waals surface area contributed by atoms with Crippen LogP contribution < -0.4 is 10.7 Å². The zero-order valence-corrected chi connectivity index (χ0v) is 19.5. The summed E-state index contributed by atoms with van der Waals surface area (Å²) in [6.07, 6.45) is 3.91. The topological polar surface area (TPSA) is 109 Å².